The third-order valence-corrected chi connectivity index (χ3v) is 2.85. The Morgan fingerprint density at radius 1 is 1.38 bits per heavy atom. The Labute approximate surface area is 97.8 Å². The van der Waals surface area contributed by atoms with E-state index in [4.69, 9.17) is 0 Å². The highest BCUT2D eigenvalue weighted by Gasteiger charge is 2.17. The fourth-order valence-corrected chi connectivity index (χ4v) is 2.04. The second-order valence-electron chi connectivity index (χ2n) is 4.40. The molecule has 0 aliphatic rings. The molecule has 0 aliphatic carbocycles. The predicted molar refractivity (Wildman–Crippen MR) is 65.2 cm³/mol. The third-order valence-electron chi connectivity index (χ3n) is 2.85. The number of aromatic nitrogens is 2. The van der Waals surface area contributed by atoms with Gasteiger partial charge in [0.2, 0.25) is 0 Å². The van der Waals surface area contributed by atoms with Gasteiger partial charge in [-0.15, -0.1) is 0 Å². The summed E-state index contributed by atoms with van der Waals surface area (Å²) >= 11 is 0. The Morgan fingerprint density at radius 3 is 2.44 bits per heavy atom. The molecule has 3 nitrogen and oxygen atoms in total. The molecule has 1 rings (SSSR count). The normalized spacial score (nSPS) is 11.0. The maximum atomic E-state index is 12.1. The first-order valence-corrected chi connectivity index (χ1v) is 6.18. The average molecular weight is 222 g/mol. The highest BCUT2D eigenvalue weighted by Crippen LogP contribution is 2.16. The van der Waals surface area contributed by atoms with Crippen molar-refractivity contribution >= 4 is 5.78 Å². The second-order valence-corrected chi connectivity index (χ2v) is 4.40. The molecule has 0 aromatic carbocycles. The summed E-state index contributed by atoms with van der Waals surface area (Å²) in [6.07, 6.45) is 6.57. The first-order valence-electron chi connectivity index (χ1n) is 6.18. The Balaban J connectivity index is 2.54. The van der Waals surface area contributed by atoms with Gasteiger partial charge in [-0.25, -0.2) is 0 Å². The number of carbonyl (C=O) groups excluding carboxylic acids is 1. The van der Waals surface area contributed by atoms with Gasteiger partial charge in [-0.2, -0.15) is 5.10 Å². The summed E-state index contributed by atoms with van der Waals surface area (Å²) < 4.78 is 1.75. The first-order chi connectivity index (χ1) is 7.67. The number of nitrogens with zero attached hydrogens (tertiary/aromatic N) is 2. The molecule has 0 saturated heterocycles. The molecule has 0 radical (unpaired) electrons. The lowest BCUT2D eigenvalue weighted by atomic mass is 9.91. The summed E-state index contributed by atoms with van der Waals surface area (Å²) in [5.41, 5.74) is 0.893. The molecule has 0 amide bonds. The lowest BCUT2D eigenvalue weighted by Gasteiger charge is -2.12. The van der Waals surface area contributed by atoms with E-state index in [-0.39, 0.29) is 5.92 Å². The Kier molecular flexibility index (Phi) is 5.23. The highest BCUT2D eigenvalue weighted by atomic mass is 16.1. The van der Waals surface area contributed by atoms with E-state index >= 15 is 0 Å². The van der Waals surface area contributed by atoms with E-state index in [9.17, 15) is 4.79 Å². The average Bonchev–Trinajstić information content (AvgIpc) is 2.63. The summed E-state index contributed by atoms with van der Waals surface area (Å²) in [5.74, 6) is 0.583. The van der Waals surface area contributed by atoms with Gasteiger partial charge < -0.3 is 0 Å². The van der Waals surface area contributed by atoms with Crippen LogP contribution in [0.2, 0.25) is 0 Å². The number of ketones is 1. The predicted octanol–water partition coefficient (Wildman–Crippen LogP) is 2.75. The van der Waals surface area contributed by atoms with Crippen molar-refractivity contribution in [2.45, 2.75) is 46.0 Å². The zero-order valence-electron chi connectivity index (χ0n) is 10.6. The van der Waals surface area contributed by atoms with Crippen LogP contribution in [0.1, 0.15) is 45.2 Å². The topological polar surface area (TPSA) is 34.9 Å². The minimum absolute atomic E-state index is 0.233. The number of Topliss-reactive ketones (excluding diaryl/α,β-unsaturated/α-hetero) is 1. The number of carbonyl (C=O) groups is 1. The SMILES string of the molecule is CCCC(CCC)C(=O)Cc1ccn(C)n1. The van der Waals surface area contributed by atoms with Crippen LogP contribution in [-0.4, -0.2) is 15.6 Å². The third kappa shape index (κ3) is 3.80. The molecule has 0 unspecified atom stereocenters. The number of hydrogen-bond acceptors (Lipinski definition) is 2. The molecule has 1 aromatic rings. The van der Waals surface area contributed by atoms with Crippen molar-refractivity contribution in [3.63, 3.8) is 0 Å². The molecule has 90 valence electrons. The number of rotatable bonds is 7. The minimum Gasteiger partial charge on any atom is -0.299 e. The quantitative estimate of drug-likeness (QED) is 0.711. The molecule has 0 saturated carbocycles. The van der Waals surface area contributed by atoms with Gasteiger partial charge in [-0.1, -0.05) is 26.7 Å². The maximum absolute atomic E-state index is 12.1. The molecule has 1 aromatic heterocycles. The number of hydrogen-bond donors (Lipinski definition) is 0. The lowest BCUT2D eigenvalue weighted by molar-refractivity contribution is -0.122. The summed E-state index contributed by atoms with van der Waals surface area (Å²) in [6.45, 7) is 4.27. The molecular formula is C13H22N2O. The fraction of sp³-hybridized carbons (Fsp3) is 0.692. The molecule has 1 heterocycles. The van der Waals surface area contributed by atoms with Crippen LogP contribution in [0.5, 0.6) is 0 Å². The van der Waals surface area contributed by atoms with Gasteiger partial charge in [-0.3, -0.25) is 9.48 Å². The van der Waals surface area contributed by atoms with E-state index in [1.165, 1.54) is 0 Å². The molecule has 0 spiro atoms. The number of aryl methyl sites for hydroxylation is 1. The van der Waals surface area contributed by atoms with Crippen LogP contribution in [0.3, 0.4) is 0 Å². The van der Waals surface area contributed by atoms with Crippen LogP contribution < -0.4 is 0 Å². The molecule has 3 heteroatoms. The van der Waals surface area contributed by atoms with Crippen molar-refractivity contribution < 1.29 is 4.79 Å². The van der Waals surface area contributed by atoms with Crippen LogP contribution in [0.25, 0.3) is 0 Å². The standard InChI is InChI=1S/C13H22N2O/c1-4-6-11(7-5-2)13(16)10-12-8-9-15(3)14-12/h8-9,11H,4-7,10H2,1-3H3. The van der Waals surface area contributed by atoms with Gasteiger partial charge in [0.25, 0.3) is 0 Å². The van der Waals surface area contributed by atoms with Gasteiger partial charge in [0.05, 0.1) is 12.1 Å². The van der Waals surface area contributed by atoms with Crippen molar-refractivity contribution in [1.82, 2.24) is 9.78 Å². The summed E-state index contributed by atoms with van der Waals surface area (Å²) in [6, 6.07) is 1.92. The van der Waals surface area contributed by atoms with E-state index < -0.39 is 0 Å². The van der Waals surface area contributed by atoms with E-state index in [0.717, 1.165) is 31.4 Å². The zero-order chi connectivity index (χ0) is 12.0. The maximum Gasteiger partial charge on any atom is 0.141 e. The molecule has 0 bridgehead atoms. The Morgan fingerprint density at radius 2 is 2.00 bits per heavy atom. The van der Waals surface area contributed by atoms with E-state index in [0.29, 0.717) is 12.2 Å². The van der Waals surface area contributed by atoms with Crippen LogP contribution in [0.15, 0.2) is 12.3 Å². The van der Waals surface area contributed by atoms with Gasteiger partial charge in [0.1, 0.15) is 5.78 Å². The molecular weight excluding hydrogens is 200 g/mol. The molecule has 0 fully saturated rings. The van der Waals surface area contributed by atoms with Crippen molar-refractivity contribution in [2.75, 3.05) is 0 Å². The first kappa shape index (κ1) is 12.9. The van der Waals surface area contributed by atoms with Crippen molar-refractivity contribution in [1.29, 1.82) is 0 Å². The van der Waals surface area contributed by atoms with Gasteiger partial charge in [0.15, 0.2) is 0 Å². The molecule has 0 aliphatic heterocycles. The Hall–Kier alpha value is -1.12. The van der Waals surface area contributed by atoms with E-state index in [1.807, 2.05) is 19.3 Å². The lowest BCUT2D eigenvalue weighted by Crippen LogP contribution is -2.17. The zero-order valence-corrected chi connectivity index (χ0v) is 10.6. The molecule has 0 N–H and O–H groups in total. The highest BCUT2D eigenvalue weighted by molar-refractivity contribution is 5.82. The largest absolute Gasteiger partial charge is 0.299 e. The van der Waals surface area contributed by atoms with Gasteiger partial charge in [0, 0.05) is 19.2 Å². The molecule has 0 atom stereocenters. The smallest absolute Gasteiger partial charge is 0.141 e. The van der Waals surface area contributed by atoms with Crippen LogP contribution in [-0.2, 0) is 18.3 Å². The van der Waals surface area contributed by atoms with E-state index in [2.05, 4.69) is 18.9 Å². The van der Waals surface area contributed by atoms with Gasteiger partial charge >= 0.3 is 0 Å². The Bertz CT molecular complexity index is 324. The minimum atomic E-state index is 0.233. The van der Waals surface area contributed by atoms with E-state index in [1.54, 1.807) is 4.68 Å². The summed E-state index contributed by atoms with van der Waals surface area (Å²) in [7, 11) is 1.88. The van der Waals surface area contributed by atoms with Crippen LogP contribution in [0, 0.1) is 5.92 Å². The summed E-state index contributed by atoms with van der Waals surface area (Å²) in [4.78, 5) is 12.1. The second kappa shape index (κ2) is 6.46. The monoisotopic (exact) mass is 222 g/mol. The van der Waals surface area contributed by atoms with Crippen molar-refractivity contribution in [3.8, 4) is 0 Å². The van der Waals surface area contributed by atoms with Gasteiger partial charge in [-0.05, 0) is 18.9 Å². The fourth-order valence-electron chi connectivity index (χ4n) is 2.04. The van der Waals surface area contributed by atoms with Crippen LogP contribution in [0.4, 0.5) is 0 Å². The summed E-state index contributed by atoms with van der Waals surface area (Å²) in [5, 5.41) is 4.25. The van der Waals surface area contributed by atoms with Crippen LogP contribution >= 0.6 is 0 Å². The van der Waals surface area contributed by atoms with Crippen molar-refractivity contribution in [3.05, 3.63) is 18.0 Å². The van der Waals surface area contributed by atoms with Crippen molar-refractivity contribution in [2.24, 2.45) is 13.0 Å². The molecule has 16 heavy (non-hydrogen) atoms.